The van der Waals surface area contributed by atoms with Gasteiger partial charge in [-0.15, -0.1) is 0 Å². The summed E-state index contributed by atoms with van der Waals surface area (Å²) >= 11 is 3.76. The second-order valence-corrected chi connectivity index (χ2v) is 13.0. The van der Waals surface area contributed by atoms with E-state index in [9.17, 15) is 4.79 Å². The molecule has 1 aliphatic heterocycles. The van der Waals surface area contributed by atoms with Crippen LogP contribution in [0.15, 0.2) is 59.1 Å². The highest BCUT2D eigenvalue weighted by atomic mass is 79.9. The summed E-state index contributed by atoms with van der Waals surface area (Å²) in [5.74, 6) is 1.44. The Bertz CT molecular complexity index is 1300. The predicted octanol–water partition coefficient (Wildman–Crippen LogP) is 9.22. The van der Waals surface area contributed by atoms with Crippen LogP contribution in [0.5, 0.6) is 11.5 Å². The SMILES string of the molecule is CC(C)(C)c1cc(Br)c2c(c1)C(C)(C)c1cc(C(C)(C)C)cc(NC(=O)OCc3ccccc3)c1O2. The molecular formula is C31H36BrNO3. The Morgan fingerprint density at radius 3 is 2.03 bits per heavy atom. The van der Waals surface area contributed by atoms with Gasteiger partial charge in [0.2, 0.25) is 0 Å². The van der Waals surface area contributed by atoms with Gasteiger partial charge in [0.1, 0.15) is 12.4 Å². The Morgan fingerprint density at radius 2 is 1.44 bits per heavy atom. The lowest BCUT2D eigenvalue weighted by Crippen LogP contribution is -2.28. The number of carbonyl (C=O) groups is 1. The molecule has 5 heteroatoms. The summed E-state index contributed by atoms with van der Waals surface area (Å²) in [6.45, 7) is 17.8. The van der Waals surface area contributed by atoms with Crippen LogP contribution in [0.3, 0.4) is 0 Å². The standard InChI is InChI=1S/C31H36BrNO3/c1-29(2,3)20-14-22-26(24(32)16-20)36-27-23(31(22,7)8)15-21(30(4,5)6)17-25(27)33-28(34)35-18-19-12-10-9-11-13-19/h9-17H,18H2,1-8H3,(H,33,34). The Kier molecular flexibility index (Phi) is 6.76. The van der Waals surface area contributed by atoms with E-state index in [2.05, 4.69) is 94.8 Å². The number of fused-ring (bicyclic) bond motifs is 2. The number of anilines is 1. The lowest BCUT2D eigenvalue weighted by Gasteiger charge is -2.38. The van der Waals surface area contributed by atoms with Crippen LogP contribution in [0.1, 0.15) is 83.2 Å². The summed E-state index contributed by atoms with van der Waals surface area (Å²) < 4.78 is 13.0. The monoisotopic (exact) mass is 549 g/mol. The molecule has 0 unspecified atom stereocenters. The Labute approximate surface area is 223 Å². The predicted molar refractivity (Wildman–Crippen MR) is 150 cm³/mol. The van der Waals surface area contributed by atoms with Gasteiger partial charge >= 0.3 is 6.09 Å². The molecule has 0 spiro atoms. The molecule has 1 aliphatic rings. The fraction of sp³-hybridized carbons (Fsp3) is 0.387. The number of hydrogen-bond donors (Lipinski definition) is 1. The maximum atomic E-state index is 12.9. The molecule has 3 aromatic carbocycles. The topological polar surface area (TPSA) is 47.6 Å². The van der Waals surface area contributed by atoms with Crippen LogP contribution in [-0.2, 0) is 27.6 Å². The van der Waals surface area contributed by atoms with Gasteiger partial charge in [-0.1, -0.05) is 97.9 Å². The molecule has 4 nitrogen and oxygen atoms in total. The fourth-order valence-electron chi connectivity index (χ4n) is 4.44. The molecule has 190 valence electrons. The molecule has 1 amide bonds. The minimum atomic E-state index is -0.513. The van der Waals surface area contributed by atoms with Gasteiger partial charge in [-0.2, -0.15) is 0 Å². The van der Waals surface area contributed by atoms with Crippen LogP contribution in [0, 0.1) is 0 Å². The average Bonchev–Trinajstić information content (AvgIpc) is 2.78. The second kappa shape index (κ2) is 9.26. The van der Waals surface area contributed by atoms with E-state index in [-0.39, 0.29) is 22.9 Å². The van der Waals surface area contributed by atoms with E-state index in [1.807, 2.05) is 36.4 Å². The number of halogens is 1. The third-order valence-electron chi connectivity index (χ3n) is 6.86. The molecule has 0 aliphatic carbocycles. The number of benzene rings is 3. The quantitative estimate of drug-likeness (QED) is 0.354. The summed E-state index contributed by atoms with van der Waals surface area (Å²) in [5.41, 5.74) is 5.59. The van der Waals surface area contributed by atoms with Gasteiger partial charge in [-0.05, 0) is 55.6 Å². The van der Waals surface area contributed by atoms with Crippen LogP contribution in [-0.4, -0.2) is 6.09 Å². The highest BCUT2D eigenvalue weighted by molar-refractivity contribution is 9.10. The number of ether oxygens (including phenoxy) is 2. The molecule has 3 aromatic rings. The normalized spacial score (nSPS) is 14.4. The molecule has 4 rings (SSSR count). The minimum Gasteiger partial charge on any atom is -0.453 e. The molecule has 1 N–H and O–H groups in total. The first kappa shape index (κ1) is 26.3. The fourth-order valence-corrected chi connectivity index (χ4v) is 4.98. The summed E-state index contributed by atoms with van der Waals surface area (Å²) in [4.78, 5) is 12.9. The second-order valence-electron chi connectivity index (χ2n) is 12.1. The summed E-state index contributed by atoms with van der Waals surface area (Å²) in [6.07, 6.45) is -0.513. The van der Waals surface area contributed by atoms with E-state index >= 15 is 0 Å². The van der Waals surface area contributed by atoms with Crippen molar-refractivity contribution in [3.8, 4) is 11.5 Å². The van der Waals surface area contributed by atoms with Gasteiger partial charge in [-0.25, -0.2) is 4.79 Å². The number of rotatable bonds is 3. The van der Waals surface area contributed by atoms with Gasteiger partial charge in [0.15, 0.2) is 5.75 Å². The molecule has 36 heavy (non-hydrogen) atoms. The van der Waals surface area contributed by atoms with Gasteiger partial charge in [0, 0.05) is 16.5 Å². The molecule has 0 bridgehead atoms. The number of nitrogens with one attached hydrogen (secondary N) is 1. The highest BCUT2D eigenvalue weighted by Crippen LogP contribution is 2.54. The van der Waals surface area contributed by atoms with Crippen LogP contribution < -0.4 is 10.1 Å². The van der Waals surface area contributed by atoms with E-state index in [4.69, 9.17) is 9.47 Å². The van der Waals surface area contributed by atoms with Crippen LogP contribution in [0.25, 0.3) is 0 Å². The number of amides is 1. The molecule has 1 heterocycles. The van der Waals surface area contributed by atoms with Gasteiger partial charge < -0.3 is 9.47 Å². The maximum Gasteiger partial charge on any atom is 0.412 e. The first-order chi connectivity index (χ1) is 16.7. The molecule has 0 saturated heterocycles. The van der Waals surface area contributed by atoms with Crippen molar-refractivity contribution in [2.45, 2.75) is 78.2 Å². The molecular weight excluding hydrogens is 514 g/mol. The van der Waals surface area contributed by atoms with Crippen molar-refractivity contribution in [1.29, 1.82) is 0 Å². The third kappa shape index (κ3) is 5.17. The van der Waals surface area contributed by atoms with Gasteiger partial charge in [0.25, 0.3) is 0 Å². The Balaban J connectivity index is 1.78. The molecule has 0 atom stereocenters. The maximum absolute atomic E-state index is 12.9. The Hall–Kier alpha value is -2.79. The van der Waals surface area contributed by atoms with Crippen LogP contribution >= 0.6 is 15.9 Å². The van der Waals surface area contributed by atoms with E-state index in [0.717, 1.165) is 32.5 Å². The zero-order chi connectivity index (χ0) is 26.5. The van der Waals surface area contributed by atoms with Crippen molar-refractivity contribution in [3.05, 3.63) is 86.9 Å². The lowest BCUT2D eigenvalue weighted by atomic mass is 9.72. The smallest absolute Gasteiger partial charge is 0.412 e. The molecule has 0 radical (unpaired) electrons. The molecule has 0 aromatic heterocycles. The average molecular weight is 551 g/mol. The van der Waals surface area contributed by atoms with E-state index < -0.39 is 6.09 Å². The molecule has 0 saturated carbocycles. The first-order valence-corrected chi connectivity index (χ1v) is 13.2. The van der Waals surface area contributed by atoms with Gasteiger partial charge in [-0.3, -0.25) is 5.32 Å². The lowest BCUT2D eigenvalue weighted by molar-refractivity contribution is 0.155. The van der Waals surface area contributed by atoms with Crippen molar-refractivity contribution in [2.24, 2.45) is 0 Å². The zero-order valence-corrected chi connectivity index (χ0v) is 24.1. The van der Waals surface area contributed by atoms with E-state index in [1.165, 1.54) is 5.56 Å². The van der Waals surface area contributed by atoms with Crippen LogP contribution in [0.2, 0.25) is 0 Å². The van der Waals surface area contributed by atoms with Crippen molar-refractivity contribution >= 4 is 27.7 Å². The highest BCUT2D eigenvalue weighted by Gasteiger charge is 2.39. The van der Waals surface area contributed by atoms with Crippen molar-refractivity contribution in [3.63, 3.8) is 0 Å². The minimum absolute atomic E-state index is 0.00358. The molecule has 0 fully saturated rings. The van der Waals surface area contributed by atoms with Crippen molar-refractivity contribution in [2.75, 3.05) is 5.32 Å². The van der Waals surface area contributed by atoms with E-state index in [0.29, 0.717) is 11.4 Å². The number of carbonyl (C=O) groups excluding carboxylic acids is 1. The van der Waals surface area contributed by atoms with E-state index in [1.54, 1.807) is 0 Å². The number of hydrogen-bond acceptors (Lipinski definition) is 3. The third-order valence-corrected chi connectivity index (χ3v) is 7.45. The summed E-state index contributed by atoms with van der Waals surface area (Å²) in [5, 5.41) is 2.98. The summed E-state index contributed by atoms with van der Waals surface area (Å²) in [7, 11) is 0. The Morgan fingerprint density at radius 1 is 0.889 bits per heavy atom. The first-order valence-electron chi connectivity index (χ1n) is 12.4. The zero-order valence-electron chi connectivity index (χ0n) is 22.5. The van der Waals surface area contributed by atoms with Crippen molar-refractivity contribution in [1.82, 2.24) is 0 Å². The van der Waals surface area contributed by atoms with Crippen LogP contribution in [0.4, 0.5) is 10.5 Å². The largest absolute Gasteiger partial charge is 0.453 e. The van der Waals surface area contributed by atoms with Crippen molar-refractivity contribution < 1.29 is 14.3 Å². The van der Waals surface area contributed by atoms with Gasteiger partial charge in [0.05, 0.1) is 10.2 Å². The summed E-state index contributed by atoms with van der Waals surface area (Å²) in [6, 6.07) is 18.3.